The van der Waals surface area contributed by atoms with Gasteiger partial charge in [-0.2, -0.15) is 0 Å². The molecule has 0 aliphatic heterocycles. The molecule has 2 aromatic carbocycles. The lowest BCUT2D eigenvalue weighted by Crippen LogP contribution is -2.30. The van der Waals surface area contributed by atoms with Crippen molar-refractivity contribution in [1.82, 2.24) is 9.55 Å². The van der Waals surface area contributed by atoms with Crippen molar-refractivity contribution in [3.8, 4) is 12.3 Å². The first kappa shape index (κ1) is 18.9. The van der Waals surface area contributed by atoms with Crippen molar-refractivity contribution in [2.45, 2.75) is 13.5 Å². The third-order valence-corrected chi connectivity index (χ3v) is 3.97. The highest BCUT2D eigenvalue weighted by molar-refractivity contribution is 6.03. The maximum atomic E-state index is 12.7. The van der Waals surface area contributed by atoms with Crippen molar-refractivity contribution < 1.29 is 14.3 Å². The van der Waals surface area contributed by atoms with Crippen LogP contribution in [0.1, 0.15) is 27.9 Å². The van der Waals surface area contributed by atoms with Crippen LogP contribution in [0.5, 0.6) is 0 Å². The molecule has 3 rings (SSSR count). The molecule has 1 N–H and O–H groups in total. The summed E-state index contributed by atoms with van der Waals surface area (Å²) in [6.45, 7) is 1.91. The molecular weight excluding hydrogens is 358 g/mol. The largest absolute Gasteiger partial charge is 0.462 e. The maximum absolute atomic E-state index is 12.7. The molecule has 0 aliphatic carbocycles. The minimum Gasteiger partial charge on any atom is -0.462 e. The molecule has 0 aliphatic rings. The Kier molecular flexibility index (Phi) is 5.51. The number of amides is 1. The van der Waals surface area contributed by atoms with Gasteiger partial charge in [0.25, 0.3) is 11.5 Å². The molecule has 28 heavy (non-hydrogen) atoms. The number of hydrogen-bond acceptors (Lipinski definition) is 5. The van der Waals surface area contributed by atoms with Crippen LogP contribution in [0, 0.1) is 12.3 Å². The van der Waals surface area contributed by atoms with Gasteiger partial charge in [-0.15, -0.1) is 6.42 Å². The lowest BCUT2D eigenvalue weighted by atomic mass is 10.2. The number of anilines is 1. The van der Waals surface area contributed by atoms with Crippen LogP contribution in [0.2, 0.25) is 0 Å². The van der Waals surface area contributed by atoms with Crippen LogP contribution in [-0.4, -0.2) is 28.0 Å². The smallest absolute Gasteiger partial charge is 0.338 e. The average Bonchev–Trinajstić information content (AvgIpc) is 2.70. The highest BCUT2D eigenvalue weighted by atomic mass is 16.5. The normalized spacial score (nSPS) is 10.3. The van der Waals surface area contributed by atoms with Gasteiger partial charge < -0.3 is 10.1 Å². The van der Waals surface area contributed by atoms with Crippen molar-refractivity contribution in [3.63, 3.8) is 0 Å². The van der Waals surface area contributed by atoms with Crippen LogP contribution in [0.15, 0.2) is 53.3 Å². The van der Waals surface area contributed by atoms with Gasteiger partial charge in [0.1, 0.15) is 0 Å². The second-order valence-corrected chi connectivity index (χ2v) is 5.80. The Morgan fingerprint density at radius 2 is 1.89 bits per heavy atom. The lowest BCUT2D eigenvalue weighted by Gasteiger charge is -2.11. The number of carbonyl (C=O) groups is 2. The van der Waals surface area contributed by atoms with E-state index in [2.05, 4.69) is 16.2 Å². The Morgan fingerprint density at radius 1 is 1.18 bits per heavy atom. The van der Waals surface area contributed by atoms with E-state index < -0.39 is 11.9 Å². The third-order valence-electron chi connectivity index (χ3n) is 3.97. The number of nitrogens with one attached hydrogen (secondary N) is 1. The number of fused-ring (bicyclic) bond motifs is 1. The zero-order valence-corrected chi connectivity index (χ0v) is 15.1. The molecule has 0 radical (unpaired) electrons. The molecular formula is C21H17N3O4. The number of benzene rings is 2. The quantitative estimate of drug-likeness (QED) is 0.546. The fourth-order valence-corrected chi connectivity index (χ4v) is 2.67. The summed E-state index contributed by atoms with van der Waals surface area (Å²) in [5.74, 6) is 1.26. The number of terminal acetylenes is 1. The van der Waals surface area contributed by atoms with Crippen molar-refractivity contribution in [3.05, 3.63) is 70.3 Å². The molecule has 3 aromatic rings. The molecule has 1 aromatic heterocycles. The first-order chi connectivity index (χ1) is 13.5. The molecule has 0 saturated heterocycles. The van der Waals surface area contributed by atoms with Crippen molar-refractivity contribution in [1.29, 1.82) is 0 Å². The van der Waals surface area contributed by atoms with Crippen LogP contribution in [0.3, 0.4) is 0 Å². The zero-order valence-electron chi connectivity index (χ0n) is 15.1. The number of esters is 1. The van der Waals surface area contributed by atoms with E-state index in [1.807, 2.05) is 0 Å². The van der Waals surface area contributed by atoms with Gasteiger partial charge in [0, 0.05) is 5.69 Å². The highest BCUT2D eigenvalue weighted by Crippen LogP contribution is 2.13. The van der Waals surface area contributed by atoms with Gasteiger partial charge in [0.15, 0.2) is 0 Å². The Labute approximate surface area is 161 Å². The fraction of sp³-hybridized carbons (Fsp3) is 0.143. The molecule has 140 valence electrons. The van der Waals surface area contributed by atoms with Gasteiger partial charge in [-0.1, -0.05) is 18.1 Å². The zero-order chi connectivity index (χ0) is 20.1. The van der Waals surface area contributed by atoms with E-state index in [1.165, 1.54) is 12.1 Å². The summed E-state index contributed by atoms with van der Waals surface area (Å²) in [4.78, 5) is 41.4. The van der Waals surface area contributed by atoms with Crippen molar-refractivity contribution in [2.75, 3.05) is 11.9 Å². The summed E-state index contributed by atoms with van der Waals surface area (Å²) in [6.07, 6.45) is 5.35. The van der Waals surface area contributed by atoms with Crippen LogP contribution in [0.4, 0.5) is 5.69 Å². The molecule has 1 amide bonds. The van der Waals surface area contributed by atoms with E-state index in [1.54, 1.807) is 43.3 Å². The fourth-order valence-electron chi connectivity index (χ4n) is 2.67. The monoisotopic (exact) mass is 375 g/mol. The predicted octanol–water partition coefficient (Wildman–Crippen LogP) is 2.46. The number of ether oxygens (including phenoxy) is 1. The average molecular weight is 375 g/mol. The molecule has 0 saturated carbocycles. The minimum atomic E-state index is -0.581. The third kappa shape index (κ3) is 3.76. The minimum absolute atomic E-state index is 0.0821. The van der Waals surface area contributed by atoms with Crippen LogP contribution in [0.25, 0.3) is 10.9 Å². The van der Waals surface area contributed by atoms with E-state index >= 15 is 0 Å². The Morgan fingerprint density at radius 3 is 2.57 bits per heavy atom. The van der Waals surface area contributed by atoms with Crippen molar-refractivity contribution in [2.24, 2.45) is 0 Å². The summed E-state index contributed by atoms with van der Waals surface area (Å²) >= 11 is 0. The second kappa shape index (κ2) is 8.18. The maximum Gasteiger partial charge on any atom is 0.338 e. The number of nitrogens with zero attached hydrogens (tertiary/aromatic N) is 2. The van der Waals surface area contributed by atoms with Gasteiger partial charge in [-0.3, -0.25) is 14.2 Å². The van der Waals surface area contributed by atoms with Crippen LogP contribution < -0.4 is 10.9 Å². The van der Waals surface area contributed by atoms with E-state index in [-0.39, 0.29) is 24.5 Å². The molecule has 0 unspecified atom stereocenters. The summed E-state index contributed by atoms with van der Waals surface area (Å²) in [5, 5.41) is 3.05. The number of rotatable bonds is 5. The molecule has 0 fully saturated rings. The standard InChI is InChI=1S/C21H17N3O4/c1-3-13-24-18(23-17-8-6-5-7-16(17)20(24)26)19(25)22-15-11-9-14(10-12-15)21(27)28-4-2/h1,5-12H,4,13H2,2H3,(H,22,25). The van der Waals surface area contributed by atoms with Gasteiger partial charge >= 0.3 is 5.97 Å². The topological polar surface area (TPSA) is 90.3 Å². The first-order valence-electron chi connectivity index (χ1n) is 8.56. The molecule has 1 heterocycles. The summed E-state index contributed by atoms with van der Waals surface area (Å²) in [6, 6.07) is 12.9. The predicted molar refractivity (Wildman–Crippen MR) is 105 cm³/mol. The van der Waals surface area contributed by atoms with E-state index in [9.17, 15) is 14.4 Å². The highest BCUT2D eigenvalue weighted by Gasteiger charge is 2.17. The molecule has 0 spiro atoms. The lowest BCUT2D eigenvalue weighted by molar-refractivity contribution is 0.0526. The van der Waals surface area contributed by atoms with Gasteiger partial charge in [-0.25, -0.2) is 9.78 Å². The second-order valence-electron chi connectivity index (χ2n) is 5.80. The summed E-state index contributed by atoms with van der Waals surface area (Å²) in [5.41, 5.74) is 0.829. The first-order valence-corrected chi connectivity index (χ1v) is 8.56. The number of carbonyl (C=O) groups excluding carboxylic acids is 2. The van der Waals surface area contributed by atoms with Crippen LogP contribution >= 0.6 is 0 Å². The molecule has 0 bridgehead atoms. The number of hydrogen-bond donors (Lipinski definition) is 1. The molecule has 7 nitrogen and oxygen atoms in total. The summed E-state index contributed by atoms with van der Waals surface area (Å²) in [7, 11) is 0. The van der Waals surface area contributed by atoms with Gasteiger partial charge in [0.2, 0.25) is 5.82 Å². The van der Waals surface area contributed by atoms with E-state index in [4.69, 9.17) is 11.2 Å². The SMILES string of the molecule is C#CCn1c(C(=O)Nc2ccc(C(=O)OCC)cc2)nc2ccccc2c1=O. The molecule has 0 atom stereocenters. The van der Waals surface area contributed by atoms with Gasteiger partial charge in [-0.05, 0) is 43.3 Å². The Hall–Kier alpha value is -3.92. The van der Waals surface area contributed by atoms with Crippen LogP contribution in [-0.2, 0) is 11.3 Å². The van der Waals surface area contributed by atoms with E-state index in [0.29, 0.717) is 22.2 Å². The van der Waals surface area contributed by atoms with Gasteiger partial charge in [0.05, 0.1) is 29.6 Å². The Balaban J connectivity index is 1.93. The van der Waals surface area contributed by atoms with Crippen molar-refractivity contribution >= 4 is 28.5 Å². The number of aromatic nitrogens is 2. The summed E-state index contributed by atoms with van der Waals surface area (Å²) < 4.78 is 6.08. The van der Waals surface area contributed by atoms with E-state index in [0.717, 1.165) is 4.57 Å². The molecule has 7 heteroatoms. The Bertz CT molecular complexity index is 1140. The number of para-hydroxylation sites is 1.